The fourth-order valence-electron chi connectivity index (χ4n) is 2.47. The maximum Gasteiger partial charge on any atom is 0.311 e. The van der Waals surface area contributed by atoms with Crippen LogP contribution in [0.2, 0.25) is 5.02 Å². The first-order chi connectivity index (χ1) is 14.5. The lowest BCUT2D eigenvalue weighted by Crippen LogP contribution is -2.07. The van der Waals surface area contributed by atoms with E-state index in [-0.39, 0.29) is 24.0 Å². The van der Waals surface area contributed by atoms with Crippen LogP contribution in [0.3, 0.4) is 0 Å². The summed E-state index contributed by atoms with van der Waals surface area (Å²) in [6.07, 6.45) is 1.74. The minimum Gasteiger partial charge on any atom is -0.489 e. The SMILES string of the molecule is CCOC(=O)Cc1csc(NN=Cc2cccc(OCc3cccc(Cl)c3F)c2)n1. The molecule has 3 rings (SSSR count). The average molecular weight is 448 g/mol. The van der Waals surface area contributed by atoms with Gasteiger partial charge in [-0.2, -0.15) is 5.10 Å². The van der Waals surface area contributed by atoms with Gasteiger partial charge < -0.3 is 9.47 Å². The van der Waals surface area contributed by atoms with Crippen LogP contribution in [0.1, 0.15) is 23.7 Å². The van der Waals surface area contributed by atoms with Crippen molar-refractivity contribution in [1.82, 2.24) is 4.98 Å². The molecule has 156 valence electrons. The molecule has 0 spiro atoms. The molecule has 0 aliphatic heterocycles. The Morgan fingerprint density at radius 1 is 1.33 bits per heavy atom. The minimum absolute atomic E-state index is 0.0631. The number of hydrogen-bond donors (Lipinski definition) is 1. The van der Waals surface area contributed by atoms with Gasteiger partial charge in [-0.1, -0.05) is 35.9 Å². The van der Waals surface area contributed by atoms with E-state index in [0.29, 0.717) is 28.7 Å². The number of hydrazone groups is 1. The molecule has 0 fully saturated rings. The Bertz CT molecular complexity index is 1040. The van der Waals surface area contributed by atoms with Gasteiger partial charge in [-0.15, -0.1) is 11.3 Å². The Morgan fingerprint density at radius 3 is 3.00 bits per heavy atom. The van der Waals surface area contributed by atoms with Crippen LogP contribution in [0.25, 0.3) is 0 Å². The van der Waals surface area contributed by atoms with Gasteiger partial charge >= 0.3 is 5.97 Å². The van der Waals surface area contributed by atoms with Crippen LogP contribution < -0.4 is 10.2 Å². The van der Waals surface area contributed by atoms with Gasteiger partial charge in [-0.3, -0.25) is 10.2 Å². The molecular formula is C21H19ClFN3O3S. The van der Waals surface area contributed by atoms with Crippen molar-refractivity contribution < 1.29 is 18.7 Å². The number of rotatable bonds is 9. The van der Waals surface area contributed by atoms with Crippen molar-refractivity contribution in [2.75, 3.05) is 12.0 Å². The van der Waals surface area contributed by atoms with E-state index in [4.69, 9.17) is 21.1 Å². The smallest absolute Gasteiger partial charge is 0.311 e. The van der Waals surface area contributed by atoms with Gasteiger partial charge in [-0.05, 0) is 30.7 Å². The number of carbonyl (C=O) groups excluding carboxylic acids is 1. The molecule has 6 nitrogen and oxygen atoms in total. The fraction of sp³-hybridized carbons (Fsp3) is 0.190. The zero-order chi connectivity index (χ0) is 21.3. The van der Waals surface area contributed by atoms with Crippen molar-refractivity contribution in [2.45, 2.75) is 20.0 Å². The molecule has 1 heterocycles. The van der Waals surface area contributed by atoms with Crippen LogP contribution >= 0.6 is 22.9 Å². The Labute approximate surface area is 182 Å². The normalized spacial score (nSPS) is 10.9. The van der Waals surface area contributed by atoms with Gasteiger partial charge in [-0.25, -0.2) is 9.37 Å². The predicted molar refractivity (Wildman–Crippen MR) is 116 cm³/mol. The lowest BCUT2D eigenvalue weighted by molar-refractivity contribution is -0.142. The van der Waals surface area contributed by atoms with Gasteiger partial charge in [0.2, 0.25) is 5.13 Å². The zero-order valence-corrected chi connectivity index (χ0v) is 17.7. The number of ether oxygens (including phenoxy) is 2. The summed E-state index contributed by atoms with van der Waals surface area (Å²) in [4.78, 5) is 15.8. The number of nitrogens with one attached hydrogen (secondary N) is 1. The van der Waals surface area contributed by atoms with Crippen LogP contribution in [-0.4, -0.2) is 23.8 Å². The highest BCUT2D eigenvalue weighted by atomic mass is 35.5. The molecule has 0 bridgehead atoms. The number of anilines is 1. The summed E-state index contributed by atoms with van der Waals surface area (Å²) in [7, 11) is 0. The number of carbonyl (C=O) groups is 1. The molecule has 30 heavy (non-hydrogen) atoms. The summed E-state index contributed by atoms with van der Waals surface area (Å²) in [6, 6.07) is 12.0. The molecule has 0 saturated heterocycles. The van der Waals surface area contributed by atoms with E-state index in [1.54, 1.807) is 42.8 Å². The lowest BCUT2D eigenvalue weighted by atomic mass is 10.2. The number of esters is 1. The molecule has 2 aromatic carbocycles. The third kappa shape index (κ3) is 6.27. The van der Waals surface area contributed by atoms with E-state index in [1.807, 2.05) is 12.1 Å². The number of benzene rings is 2. The van der Waals surface area contributed by atoms with Gasteiger partial charge in [0.25, 0.3) is 0 Å². The molecule has 0 amide bonds. The van der Waals surface area contributed by atoms with Crippen molar-refractivity contribution >= 4 is 40.3 Å². The zero-order valence-electron chi connectivity index (χ0n) is 16.1. The largest absolute Gasteiger partial charge is 0.489 e. The number of halogens is 2. The number of aromatic nitrogens is 1. The minimum atomic E-state index is -0.480. The van der Waals surface area contributed by atoms with E-state index in [1.165, 1.54) is 17.4 Å². The molecule has 0 saturated carbocycles. The van der Waals surface area contributed by atoms with Crippen LogP contribution in [-0.2, 0) is 22.6 Å². The number of nitrogens with zero attached hydrogens (tertiary/aromatic N) is 2. The van der Waals surface area contributed by atoms with Gasteiger partial charge in [0, 0.05) is 10.9 Å². The average Bonchev–Trinajstić information content (AvgIpc) is 3.16. The van der Waals surface area contributed by atoms with E-state index in [2.05, 4.69) is 15.5 Å². The van der Waals surface area contributed by atoms with Gasteiger partial charge in [0.15, 0.2) is 0 Å². The second-order valence-corrected chi connectivity index (χ2v) is 7.34. The van der Waals surface area contributed by atoms with Gasteiger partial charge in [0.05, 0.1) is 30.0 Å². The van der Waals surface area contributed by atoms with E-state index in [0.717, 1.165) is 5.56 Å². The highest BCUT2D eigenvalue weighted by Crippen LogP contribution is 2.21. The predicted octanol–water partition coefficient (Wildman–Crippen LogP) is 5.07. The molecule has 0 radical (unpaired) electrons. The van der Waals surface area contributed by atoms with E-state index >= 15 is 0 Å². The molecule has 1 N–H and O–H groups in total. The summed E-state index contributed by atoms with van der Waals surface area (Å²) in [5.41, 5.74) is 4.62. The highest BCUT2D eigenvalue weighted by molar-refractivity contribution is 7.13. The summed E-state index contributed by atoms with van der Waals surface area (Å²) < 4.78 is 24.5. The Balaban J connectivity index is 1.55. The van der Waals surface area contributed by atoms with E-state index < -0.39 is 5.82 Å². The maximum absolute atomic E-state index is 13.9. The number of hydrogen-bond acceptors (Lipinski definition) is 7. The second-order valence-electron chi connectivity index (χ2n) is 6.07. The van der Waals surface area contributed by atoms with Crippen LogP contribution in [0, 0.1) is 5.82 Å². The molecule has 0 aliphatic carbocycles. The molecule has 9 heteroatoms. The van der Waals surface area contributed by atoms with Crippen molar-refractivity contribution in [2.24, 2.45) is 5.10 Å². The molecular weight excluding hydrogens is 429 g/mol. The Kier molecular flexibility index (Phi) is 7.75. The third-order valence-corrected chi connectivity index (χ3v) is 4.93. The van der Waals surface area contributed by atoms with E-state index in [9.17, 15) is 9.18 Å². The first kappa shape index (κ1) is 21.7. The van der Waals surface area contributed by atoms with Crippen molar-refractivity contribution in [1.29, 1.82) is 0 Å². The van der Waals surface area contributed by atoms with Gasteiger partial charge in [0.1, 0.15) is 18.2 Å². The molecule has 0 atom stereocenters. The highest BCUT2D eigenvalue weighted by Gasteiger charge is 2.08. The quantitative estimate of drug-likeness (QED) is 0.282. The Hall–Kier alpha value is -2.97. The first-order valence-electron chi connectivity index (χ1n) is 9.10. The van der Waals surface area contributed by atoms with Crippen LogP contribution in [0.4, 0.5) is 9.52 Å². The van der Waals surface area contributed by atoms with Crippen molar-refractivity contribution in [3.8, 4) is 5.75 Å². The van der Waals surface area contributed by atoms with Crippen molar-refractivity contribution in [3.05, 3.63) is 75.5 Å². The molecule has 0 unspecified atom stereocenters. The summed E-state index contributed by atoms with van der Waals surface area (Å²) >= 11 is 7.13. The summed E-state index contributed by atoms with van der Waals surface area (Å²) in [5, 5.41) is 6.56. The topological polar surface area (TPSA) is 72.8 Å². The lowest BCUT2D eigenvalue weighted by Gasteiger charge is -2.08. The molecule has 0 aliphatic rings. The molecule has 1 aromatic heterocycles. The first-order valence-corrected chi connectivity index (χ1v) is 10.4. The number of thiazole rings is 1. The Morgan fingerprint density at radius 2 is 2.17 bits per heavy atom. The van der Waals surface area contributed by atoms with Crippen LogP contribution in [0.5, 0.6) is 5.75 Å². The fourth-order valence-corrected chi connectivity index (χ4v) is 3.32. The molecule has 3 aromatic rings. The summed E-state index contributed by atoms with van der Waals surface area (Å²) in [6.45, 7) is 2.17. The third-order valence-electron chi connectivity index (χ3n) is 3.84. The summed E-state index contributed by atoms with van der Waals surface area (Å²) in [5.74, 6) is -0.219. The monoisotopic (exact) mass is 447 g/mol. The standard InChI is InChI=1S/C21H19ClFN3O3S/c1-2-28-19(27)10-16-13-30-21(25-16)26-24-11-14-5-3-7-17(9-14)29-12-15-6-4-8-18(22)20(15)23/h3-9,11,13H,2,10,12H2,1H3,(H,25,26). The second kappa shape index (κ2) is 10.7. The van der Waals surface area contributed by atoms with Crippen LogP contribution in [0.15, 0.2) is 52.9 Å². The maximum atomic E-state index is 13.9. The van der Waals surface area contributed by atoms with Crippen molar-refractivity contribution in [3.63, 3.8) is 0 Å².